The first-order valence-corrected chi connectivity index (χ1v) is 9.93. The van der Waals surface area contributed by atoms with Crippen LogP contribution in [0.4, 0.5) is 10.5 Å². The number of amides is 2. The van der Waals surface area contributed by atoms with Crippen molar-refractivity contribution in [1.29, 1.82) is 0 Å². The van der Waals surface area contributed by atoms with E-state index in [2.05, 4.69) is 28.8 Å². The zero-order valence-electron chi connectivity index (χ0n) is 16.5. The minimum Gasteiger partial charge on any atom is -0.450 e. The Kier molecular flexibility index (Phi) is 10.7. The summed E-state index contributed by atoms with van der Waals surface area (Å²) >= 11 is 1.70. The normalized spacial score (nSPS) is 11.3. The van der Waals surface area contributed by atoms with Gasteiger partial charge in [0.1, 0.15) is 0 Å². The molecule has 0 aliphatic heterocycles. The first-order valence-electron chi connectivity index (χ1n) is 9.16. The summed E-state index contributed by atoms with van der Waals surface area (Å²) in [5.74, 6) is 0. The van der Waals surface area contributed by atoms with Gasteiger partial charge in [0.2, 0.25) is 6.41 Å². The zero-order valence-corrected chi connectivity index (χ0v) is 17.3. The fourth-order valence-electron chi connectivity index (χ4n) is 2.60. The summed E-state index contributed by atoms with van der Waals surface area (Å²) in [7, 11) is 1.55. The highest BCUT2D eigenvalue weighted by molar-refractivity contribution is 7.97. The minimum atomic E-state index is -0.393. The number of nitrogen functional groups attached to an aromatic ring is 1. The highest BCUT2D eigenvalue weighted by atomic mass is 32.2. The molecule has 0 fully saturated rings. The van der Waals surface area contributed by atoms with Crippen LogP contribution in [0.2, 0.25) is 0 Å². The van der Waals surface area contributed by atoms with Crippen molar-refractivity contribution in [1.82, 2.24) is 14.9 Å². The lowest BCUT2D eigenvalue weighted by atomic mass is 9.88. The van der Waals surface area contributed by atoms with E-state index >= 15 is 0 Å². The number of ether oxygens (including phenoxy) is 1. The Hall–Kier alpha value is -1.93. The van der Waals surface area contributed by atoms with Crippen molar-refractivity contribution < 1.29 is 14.3 Å². The molecule has 0 aliphatic carbocycles. The molecule has 27 heavy (non-hydrogen) atoms. The van der Waals surface area contributed by atoms with Crippen molar-refractivity contribution in [2.45, 2.75) is 38.0 Å². The van der Waals surface area contributed by atoms with Crippen LogP contribution >= 0.6 is 11.9 Å². The van der Waals surface area contributed by atoms with Crippen LogP contribution in [-0.4, -0.2) is 50.1 Å². The van der Waals surface area contributed by atoms with Crippen LogP contribution < -0.4 is 16.4 Å². The van der Waals surface area contributed by atoms with Crippen molar-refractivity contribution in [3.05, 3.63) is 24.3 Å². The molecule has 1 aromatic rings. The number of nitrogens with zero attached hydrogens (tertiary/aromatic N) is 1. The molecule has 2 amide bonds. The van der Waals surface area contributed by atoms with Gasteiger partial charge < -0.3 is 21.1 Å². The smallest absolute Gasteiger partial charge is 0.406 e. The summed E-state index contributed by atoms with van der Waals surface area (Å²) in [6, 6.07) is 7.83. The van der Waals surface area contributed by atoms with Crippen molar-refractivity contribution in [2.75, 3.05) is 39.0 Å². The van der Waals surface area contributed by atoms with Gasteiger partial charge in [0.05, 0.1) is 6.61 Å². The van der Waals surface area contributed by atoms with Crippen LogP contribution in [0.5, 0.6) is 0 Å². The van der Waals surface area contributed by atoms with Gasteiger partial charge in [-0.05, 0) is 60.9 Å². The predicted molar refractivity (Wildman–Crippen MR) is 110 cm³/mol. The van der Waals surface area contributed by atoms with Crippen LogP contribution in [-0.2, 0) is 9.53 Å². The molecule has 0 atom stereocenters. The second-order valence-corrected chi connectivity index (χ2v) is 8.27. The number of nitrogens with one attached hydrogen (secondary N) is 2. The molecule has 0 heterocycles. The quantitative estimate of drug-likeness (QED) is 0.205. The van der Waals surface area contributed by atoms with Gasteiger partial charge in [-0.15, -0.1) is 0 Å². The van der Waals surface area contributed by atoms with E-state index in [0.29, 0.717) is 13.2 Å². The maximum atomic E-state index is 11.1. The van der Waals surface area contributed by atoms with Gasteiger partial charge in [-0.1, -0.05) is 13.8 Å². The molecule has 1 aromatic carbocycles. The van der Waals surface area contributed by atoms with Crippen molar-refractivity contribution in [3.63, 3.8) is 0 Å². The average Bonchev–Trinajstić information content (AvgIpc) is 2.63. The molecule has 0 unspecified atom stereocenters. The van der Waals surface area contributed by atoms with E-state index < -0.39 is 6.09 Å². The van der Waals surface area contributed by atoms with Gasteiger partial charge in [-0.25, -0.2) is 9.10 Å². The van der Waals surface area contributed by atoms with Gasteiger partial charge in [-0.3, -0.25) is 4.79 Å². The summed E-state index contributed by atoms with van der Waals surface area (Å²) in [6.07, 6.45) is 2.96. The maximum Gasteiger partial charge on any atom is 0.406 e. The van der Waals surface area contributed by atoms with Crippen LogP contribution in [0.25, 0.3) is 0 Å². The molecule has 152 valence electrons. The highest BCUT2D eigenvalue weighted by Gasteiger charge is 2.22. The van der Waals surface area contributed by atoms with Crippen LogP contribution in [0.3, 0.4) is 0 Å². The summed E-state index contributed by atoms with van der Waals surface area (Å²) in [4.78, 5) is 22.7. The molecule has 0 saturated carbocycles. The van der Waals surface area contributed by atoms with Crippen LogP contribution in [0.1, 0.15) is 33.1 Å². The number of benzene rings is 1. The Bertz CT molecular complexity index is 567. The van der Waals surface area contributed by atoms with E-state index in [4.69, 9.17) is 10.5 Å². The molecular formula is C19H32N4O3S. The van der Waals surface area contributed by atoms with E-state index in [1.807, 2.05) is 24.3 Å². The fourth-order valence-corrected chi connectivity index (χ4v) is 3.79. The second-order valence-electron chi connectivity index (χ2n) is 7.10. The SMILES string of the molecule is CNC(=O)OCCCC(C)(C)CN(CCCNC=O)Sc1ccc(N)cc1. The molecular weight excluding hydrogens is 364 g/mol. The maximum absolute atomic E-state index is 11.1. The van der Waals surface area contributed by atoms with Gasteiger partial charge in [0, 0.05) is 37.3 Å². The molecule has 1 rings (SSSR count). The van der Waals surface area contributed by atoms with Gasteiger partial charge in [0.15, 0.2) is 0 Å². The van der Waals surface area contributed by atoms with Gasteiger partial charge in [0.25, 0.3) is 0 Å². The topological polar surface area (TPSA) is 96.7 Å². The molecule has 0 spiro atoms. The molecule has 0 saturated heterocycles. The Balaban J connectivity index is 2.57. The Labute approximate surface area is 166 Å². The fraction of sp³-hybridized carbons (Fsp3) is 0.579. The molecule has 0 bridgehead atoms. The number of hydrogen-bond donors (Lipinski definition) is 3. The number of carbonyl (C=O) groups excluding carboxylic acids is 2. The van der Waals surface area contributed by atoms with Crippen molar-refractivity contribution in [2.24, 2.45) is 5.41 Å². The molecule has 0 radical (unpaired) electrons. The van der Waals surface area contributed by atoms with Gasteiger partial charge >= 0.3 is 6.09 Å². The third-order valence-electron chi connectivity index (χ3n) is 3.97. The lowest BCUT2D eigenvalue weighted by Crippen LogP contribution is -2.32. The molecule has 7 nitrogen and oxygen atoms in total. The number of rotatable bonds is 13. The largest absolute Gasteiger partial charge is 0.450 e. The first kappa shape index (κ1) is 23.1. The van der Waals surface area contributed by atoms with E-state index in [-0.39, 0.29) is 5.41 Å². The first-order chi connectivity index (χ1) is 12.9. The number of hydrogen-bond acceptors (Lipinski definition) is 6. The number of anilines is 1. The van der Waals surface area contributed by atoms with E-state index in [0.717, 1.165) is 49.3 Å². The molecule has 8 heteroatoms. The zero-order chi connectivity index (χ0) is 20.1. The third kappa shape index (κ3) is 10.7. The van der Waals surface area contributed by atoms with Crippen molar-refractivity contribution in [3.8, 4) is 0 Å². The average molecular weight is 397 g/mol. The minimum absolute atomic E-state index is 0.0605. The predicted octanol–water partition coefficient (Wildman–Crippen LogP) is 2.88. The van der Waals surface area contributed by atoms with Crippen LogP contribution in [0.15, 0.2) is 29.2 Å². The summed E-state index contributed by atoms with van der Waals surface area (Å²) in [6.45, 7) is 7.23. The highest BCUT2D eigenvalue weighted by Crippen LogP contribution is 2.30. The van der Waals surface area contributed by atoms with E-state index in [1.54, 1.807) is 19.0 Å². The van der Waals surface area contributed by atoms with Gasteiger partial charge in [-0.2, -0.15) is 0 Å². The second kappa shape index (κ2) is 12.5. The van der Waals surface area contributed by atoms with Crippen molar-refractivity contribution >= 4 is 30.1 Å². The molecule has 0 aliphatic rings. The summed E-state index contributed by atoms with van der Waals surface area (Å²) in [5.41, 5.74) is 6.58. The Morgan fingerprint density at radius 1 is 1.30 bits per heavy atom. The molecule has 0 aromatic heterocycles. The Morgan fingerprint density at radius 2 is 2.00 bits per heavy atom. The van der Waals surface area contributed by atoms with E-state index in [1.165, 1.54) is 0 Å². The number of carbonyl (C=O) groups is 2. The third-order valence-corrected chi connectivity index (χ3v) is 5.02. The number of alkyl carbamates (subject to hydrolysis) is 1. The monoisotopic (exact) mass is 396 g/mol. The summed E-state index contributed by atoms with van der Waals surface area (Å²) < 4.78 is 7.39. The lowest BCUT2D eigenvalue weighted by Gasteiger charge is -2.32. The lowest BCUT2D eigenvalue weighted by molar-refractivity contribution is -0.109. The summed E-state index contributed by atoms with van der Waals surface area (Å²) in [5, 5.41) is 5.16. The van der Waals surface area contributed by atoms with E-state index in [9.17, 15) is 9.59 Å². The Morgan fingerprint density at radius 3 is 2.63 bits per heavy atom. The number of nitrogens with two attached hydrogens (primary N) is 1. The molecule has 4 N–H and O–H groups in total. The standard InChI is InChI=1S/C19H32N4O3S/c1-19(2,10-4-13-26-18(25)21-3)14-23(12-5-11-22-15-24)27-17-8-6-16(20)7-9-17/h6-9,15H,4-5,10-14,20H2,1-3H3,(H,21,25)(H,22,24). The van der Waals surface area contributed by atoms with Crippen LogP contribution in [0, 0.1) is 5.41 Å².